The summed E-state index contributed by atoms with van der Waals surface area (Å²) < 4.78 is 0. The third kappa shape index (κ3) is 3.11. The lowest BCUT2D eigenvalue weighted by Gasteiger charge is -2.18. The number of likely N-dealkylation sites (tertiary alicyclic amines) is 1. The van der Waals surface area contributed by atoms with E-state index in [1.807, 2.05) is 12.3 Å². The number of nitrogens with two attached hydrogens (primary N) is 1. The third-order valence-electron chi connectivity index (χ3n) is 4.16. The molecule has 0 amide bonds. The Hall–Kier alpha value is -1.16. The second kappa shape index (κ2) is 6.53. The smallest absolute Gasteiger partial charge is 0.0746 e. The van der Waals surface area contributed by atoms with Crippen LogP contribution in [0.3, 0.4) is 0 Å². The molecule has 1 aromatic carbocycles. The van der Waals surface area contributed by atoms with Crippen LogP contribution in [0.25, 0.3) is 10.9 Å². The number of fused-ring (bicyclic) bond motifs is 1. The van der Waals surface area contributed by atoms with Crippen molar-refractivity contribution in [3.8, 4) is 0 Å². The molecule has 4 heteroatoms. The first kappa shape index (κ1) is 15.2. The van der Waals surface area contributed by atoms with E-state index in [0.29, 0.717) is 12.0 Å². The molecule has 0 spiro atoms. The molecular weight excluding hydrogens is 270 g/mol. The van der Waals surface area contributed by atoms with E-state index >= 15 is 0 Å². The highest BCUT2D eigenvalue weighted by Gasteiger charge is 2.25. The second-order valence-corrected chi connectivity index (χ2v) is 5.64. The molecule has 108 valence electrons. The number of aromatic nitrogens is 1. The second-order valence-electron chi connectivity index (χ2n) is 5.64. The van der Waals surface area contributed by atoms with Crippen molar-refractivity contribution in [2.75, 3.05) is 13.1 Å². The fourth-order valence-corrected chi connectivity index (χ4v) is 2.97. The van der Waals surface area contributed by atoms with E-state index in [0.717, 1.165) is 25.2 Å². The van der Waals surface area contributed by atoms with Crippen LogP contribution in [-0.4, -0.2) is 29.0 Å². The van der Waals surface area contributed by atoms with Crippen LogP contribution < -0.4 is 5.73 Å². The molecule has 1 aliphatic heterocycles. The van der Waals surface area contributed by atoms with Gasteiger partial charge in [0.15, 0.2) is 0 Å². The lowest BCUT2D eigenvalue weighted by molar-refractivity contribution is 0.309. The summed E-state index contributed by atoms with van der Waals surface area (Å²) >= 11 is 0. The van der Waals surface area contributed by atoms with Crippen molar-refractivity contribution < 1.29 is 0 Å². The van der Waals surface area contributed by atoms with Gasteiger partial charge in [0.2, 0.25) is 0 Å². The van der Waals surface area contributed by atoms with Crippen LogP contribution >= 0.6 is 12.4 Å². The van der Waals surface area contributed by atoms with Gasteiger partial charge in [-0.25, -0.2) is 0 Å². The lowest BCUT2D eigenvalue weighted by Crippen LogP contribution is -2.29. The van der Waals surface area contributed by atoms with Gasteiger partial charge < -0.3 is 5.73 Å². The van der Waals surface area contributed by atoms with Gasteiger partial charge in [-0.05, 0) is 37.4 Å². The highest BCUT2D eigenvalue weighted by molar-refractivity contribution is 5.85. The Morgan fingerprint density at radius 1 is 1.35 bits per heavy atom. The van der Waals surface area contributed by atoms with Crippen LogP contribution in [0.5, 0.6) is 0 Å². The number of hydrogen-bond donors (Lipinski definition) is 1. The predicted molar refractivity (Wildman–Crippen MR) is 86.0 cm³/mol. The number of para-hydroxylation sites is 1. The van der Waals surface area contributed by atoms with Crippen molar-refractivity contribution in [2.45, 2.75) is 25.9 Å². The summed E-state index contributed by atoms with van der Waals surface area (Å²) in [5.41, 5.74) is 8.46. The van der Waals surface area contributed by atoms with Crippen LogP contribution in [0.2, 0.25) is 0 Å². The van der Waals surface area contributed by atoms with E-state index in [9.17, 15) is 0 Å². The van der Waals surface area contributed by atoms with E-state index in [2.05, 4.69) is 41.1 Å². The van der Waals surface area contributed by atoms with Crippen molar-refractivity contribution in [3.63, 3.8) is 0 Å². The van der Waals surface area contributed by atoms with Gasteiger partial charge in [0, 0.05) is 30.7 Å². The van der Waals surface area contributed by atoms with Gasteiger partial charge in [0.1, 0.15) is 0 Å². The average molecular weight is 292 g/mol. The topological polar surface area (TPSA) is 42.1 Å². The van der Waals surface area contributed by atoms with Gasteiger partial charge >= 0.3 is 0 Å². The van der Waals surface area contributed by atoms with Crippen molar-refractivity contribution in [1.29, 1.82) is 0 Å². The van der Waals surface area contributed by atoms with Crippen LogP contribution in [0.4, 0.5) is 0 Å². The highest BCUT2D eigenvalue weighted by Crippen LogP contribution is 2.23. The monoisotopic (exact) mass is 291 g/mol. The summed E-state index contributed by atoms with van der Waals surface area (Å²) in [4.78, 5) is 7.02. The van der Waals surface area contributed by atoms with Crippen molar-refractivity contribution in [1.82, 2.24) is 9.88 Å². The SMILES string of the molecule is CC(N)C1CCN(Cc2cccc3cccnc23)C1.Cl. The fraction of sp³-hybridized carbons (Fsp3) is 0.438. The van der Waals surface area contributed by atoms with Crippen LogP contribution in [0, 0.1) is 5.92 Å². The molecular formula is C16H22ClN3. The standard InChI is InChI=1S/C16H21N3.ClH/c1-12(17)14-7-9-19(10-14)11-15-5-2-4-13-6-3-8-18-16(13)15;/h2-6,8,12,14H,7,9-11,17H2,1H3;1H. The summed E-state index contributed by atoms with van der Waals surface area (Å²) in [5.74, 6) is 0.642. The van der Waals surface area contributed by atoms with Crippen LogP contribution in [0.1, 0.15) is 18.9 Å². The van der Waals surface area contributed by atoms with E-state index < -0.39 is 0 Å². The molecule has 1 aromatic heterocycles. The third-order valence-corrected chi connectivity index (χ3v) is 4.16. The first-order valence-electron chi connectivity index (χ1n) is 7.04. The molecule has 1 saturated heterocycles. The fourth-order valence-electron chi connectivity index (χ4n) is 2.97. The zero-order chi connectivity index (χ0) is 13.2. The van der Waals surface area contributed by atoms with Gasteiger partial charge in [-0.1, -0.05) is 24.3 Å². The van der Waals surface area contributed by atoms with Gasteiger partial charge in [-0.2, -0.15) is 0 Å². The largest absolute Gasteiger partial charge is 0.328 e. The quantitative estimate of drug-likeness (QED) is 0.945. The number of hydrogen-bond acceptors (Lipinski definition) is 3. The molecule has 2 heterocycles. The van der Waals surface area contributed by atoms with Crippen LogP contribution in [-0.2, 0) is 6.54 Å². The van der Waals surface area contributed by atoms with Gasteiger partial charge in [0.25, 0.3) is 0 Å². The van der Waals surface area contributed by atoms with E-state index in [1.54, 1.807) is 0 Å². The first-order chi connectivity index (χ1) is 9.24. The highest BCUT2D eigenvalue weighted by atomic mass is 35.5. The number of pyridine rings is 1. The van der Waals surface area contributed by atoms with Crippen molar-refractivity contribution in [2.24, 2.45) is 11.7 Å². The van der Waals surface area contributed by atoms with Crippen LogP contribution in [0.15, 0.2) is 36.5 Å². The minimum Gasteiger partial charge on any atom is -0.328 e. The Bertz CT molecular complexity index is 565. The Kier molecular flexibility index (Phi) is 4.97. The van der Waals surface area contributed by atoms with E-state index in [1.165, 1.54) is 17.4 Å². The predicted octanol–water partition coefficient (Wildman–Crippen LogP) is 2.83. The number of halogens is 1. The molecule has 3 rings (SSSR count). The molecule has 0 radical (unpaired) electrons. The number of rotatable bonds is 3. The minimum atomic E-state index is 0. The number of nitrogens with zero attached hydrogens (tertiary/aromatic N) is 2. The zero-order valence-electron chi connectivity index (χ0n) is 11.8. The Morgan fingerprint density at radius 3 is 2.90 bits per heavy atom. The van der Waals surface area contributed by atoms with Crippen molar-refractivity contribution >= 4 is 23.3 Å². The molecule has 0 saturated carbocycles. The molecule has 1 fully saturated rings. The zero-order valence-corrected chi connectivity index (χ0v) is 12.6. The van der Waals surface area contributed by atoms with Gasteiger partial charge in [0.05, 0.1) is 5.52 Å². The Morgan fingerprint density at radius 2 is 2.15 bits per heavy atom. The first-order valence-corrected chi connectivity index (χ1v) is 7.04. The summed E-state index contributed by atoms with van der Waals surface area (Å²) in [6, 6.07) is 10.9. The maximum atomic E-state index is 6.00. The summed E-state index contributed by atoms with van der Waals surface area (Å²) in [7, 11) is 0. The molecule has 2 atom stereocenters. The summed E-state index contributed by atoms with van der Waals surface area (Å²) in [6.45, 7) is 5.36. The van der Waals surface area contributed by atoms with E-state index in [4.69, 9.17) is 5.73 Å². The molecule has 0 bridgehead atoms. The summed E-state index contributed by atoms with van der Waals surface area (Å²) in [5, 5.41) is 1.22. The Balaban J connectivity index is 0.00000147. The lowest BCUT2D eigenvalue weighted by atomic mass is 10.0. The normalized spacial score (nSPS) is 20.8. The number of benzene rings is 1. The molecule has 20 heavy (non-hydrogen) atoms. The molecule has 3 nitrogen and oxygen atoms in total. The minimum absolute atomic E-state index is 0. The van der Waals surface area contributed by atoms with Crippen molar-refractivity contribution in [3.05, 3.63) is 42.1 Å². The molecule has 2 aromatic rings. The Labute approximate surface area is 126 Å². The molecule has 2 N–H and O–H groups in total. The van der Waals surface area contributed by atoms with E-state index in [-0.39, 0.29) is 12.4 Å². The average Bonchev–Trinajstić information content (AvgIpc) is 2.88. The van der Waals surface area contributed by atoms with Gasteiger partial charge in [-0.3, -0.25) is 9.88 Å². The maximum absolute atomic E-state index is 6.00. The molecule has 1 aliphatic rings. The molecule has 0 aliphatic carbocycles. The van der Waals surface area contributed by atoms with Gasteiger partial charge in [-0.15, -0.1) is 12.4 Å². The maximum Gasteiger partial charge on any atom is 0.0746 e. The molecule has 2 unspecified atom stereocenters. The summed E-state index contributed by atoms with van der Waals surface area (Å²) in [6.07, 6.45) is 3.09.